The Hall–Kier alpha value is -5.76. The average Bonchev–Trinajstić information content (AvgIpc) is 3.78. The van der Waals surface area contributed by atoms with E-state index < -0.39 is 5.41 Å². The Labute approximate surface area is 283 Å². The van der Waals surface area contributed by atoms with E-state index in [-0.39, 0.29) is 0 Å². The molecule has 2 aliphatic carbocycles. The summed E-state index contributed by atoms with van der Waals surface area (Å²) in [5.41, 5.74) is 15.5. The maximum Gasteiger partial charge on any atom is 0.0731 e. The highest BCUT2D eigenvalue weighted by atomic mass is 32.1. The molecule has 1 aromatic heterocycles. The first-order valence-corrected chi connectivity index (χ1v) is 17.5. The predicted octanol–water partition coefficient (Wildman–Crippen LogP) is 12.9. The molecular weight excluding hydrogens is 597 g/mol. The molecule has 0 unspecified atom stereocenters. The summed E-state index contributed by atoms with van der Waals surface area (Å²) in [6, 6.07) is 63.8. The van der Waals surface area contributed by atoms with Gasteiger partial charge in [-0.3, -0.25) is 0 Å². The van der Waals surface area contributed by atoms with Crippen molar-refractivity contribution in [3.05, 3.63) is 192 Å². The molecule has 0 atom stereocenters. The molecule has 1 heteroatoms. The van der Waals surface area contributed by atoms with Crippen molar-refractivity contribution in [1.29, 1.82) is 0 Å². The second-order valence-electron chi connectivity index (χ2n) is 13.2. The highest BCUT2D eigenvalue weighted by molar-refractivity contribution is 7.25. The van der Waals surface area contributed by atoms with Crippen LogP contribution < -0.4 is 0 Å². The summed E-state index contributed by atoms with van der Waals surface area (Å²) in [5, 5.41) is 5.28. The lowest BCUT2D eigenvalue weighted by Gasteiger charge is -2.31. The standard InChI is InChI=1S/C47H28S/c1-2-10-29(11-3-1)32-19-23-37-39-24-20-33-26-30(31-21-25-45-40(27-31)38-14-6-9-17-44(38)48-45)18-22-34(33)46(39)47(43(37)28-32)41-15-7-4-12-35(41)36-13-5-8-16-42(36)47/h1-28H. The van der Waals surface area contributed by atoms with Crippen LogP contribution in [0.25, 0.3) is 75.5 Å². The van der Waals surface area contributed by atoms with Gasteiger partial charge >= 0.3 is 0 Å². The molecular formula is C47H28S. The van der Waals surface area contributed by atoms with E-state index in [1.54, 1.807) is 0 Å². The van der Waals surface area contributed by atoms with Crippen LogP contribution >= 0.6 is 11.3 Å². The van der Waals surface area contributed by atoms with Crippen LogP contribution in [-0.2, 0) is 5.41 Å². The molecule has 1 heterocycles. The zero-order valence-corrected chi connectivity index (χ0v) is 26.9. The Kier molecular flexibility index (Phi) is 5.29. The Bertz CT molecular complexity index is 2740. The third kappa shape index (κ3) is 3.39. The number of fused-ring (bicyclic) bond motifs is 15. The summed E-state index contributed by atoms with van der Waals surface area (Å²) in [6.07, 6.45) is 0. The number of rotatable bonds is 2. The fourth-order valence-electron chi connectivity index (χ4n) is 8.87. The van der Waals surface area contributed by atoms with Gasteiger partial charge in [0.2, 0.25) is 0 Å². The monoisotopic (exact) mass is 624 g/mol. The molecule has 0 amide bonds. The third-order valence-electron chi connectivity index (χ3n) is 10.9. The lowest BCUT2D eigenvalue weighted by molar-refractivity contribution is 0.801. The van der Waals surface area contributed by atoms with Crippen molar-refractivity contribution in [2.45, 2.75) is 5.41 Å². The van der Waals surface area contributed by atoms with Crippen molar-refractivity contribution < 1.29 is 0 Å². The van der Waals surface area contributed by atoms with E-state index in [4.69, 9.17) is 0 Å². The Morgan fingerprint density at radius 2 is 0.938 bits per heavy atom. The van der Waals surface area contributed by atoms with Crippen LogP contribution in [0.4, 0.5) is 0 Å². The maximum atomic E-state index is 2.48. The first kappa shape index (κ1) is 26.3. The normalized spacial score (nSPS) is 13.6. The summed E-state index contributed by atoms with van der Waals surface area (Å²) in [7, 11) is 0. The Morgan fingerprint density at radius 1 is 0.333 bits per heavy atom. The van der Waals surface area contributed by atoms with Crippen LogP contribution in [0.5, 0.6) is 0 Å². The molecule has 8 aromatic carbocycles. The van der Waals surface area contributed by atoms with E-state index in [1.807, 2.05) is 11.3 Å². The minimum atomic E-state index is -0.405. The van der Waals surface area contributed by atoms with Gasteiger partial charge in [-0.15, -0.1) is 11.3 Å². The summed E-state index contributed by atoms with van der Waals surface area (Å²) in [4.78, 5) is 0. The Balaban J connectivity index is 1.19. The van der Waals surface area contributed by atoms with Gasteiger partial charge in [-0.05, 0) is 108 Å². The molecule has 0 fully saturated rings. The minimum absolute atomic E-state index is 0.405. The van der Waals surface area contributed by atoms with E-state index in [0.717, 1.165) is 0 Å². The molecule has 222 valence electrons. The molecule has 0 aliphatic heterocycles. The van der Waals surface area contributed by atoms with Crippen molar-refractivity contribution in [3.8, 4) is 44.5 Å². The molecule has 0 saturated heterocycles. The maximum absolute atomic E-state index is 2.48. The van der Waals surface area contributed by atoms with Crippen molar-refractivity contribution in [2.24, 2.45) is 0 Å². The van der Waals surface area contributed by atoms with Crippen LogP contribution in [-0.4, -0.2) is 0 Å². The summed E-state index contributed by atoms with van der Waals surface area (Å²) in [6.45, 7) is 0. The molecule has 48 heavy (non-hydrogen) atoms. The summed E-state index contributed by atoms with van der Waals surface area (Å²) in [5.74, 6) is 0. The van der Waals surface area contributed by atoms with Gasteiger partial charge in [0.1, 0.15) is 0 Å². The van der Waals surface area contributed by atoms with Crippen LogP contribution in [0.15, 0.2) is 170 Å². The van der Waals surface area contributed by atoms with Gasteiger partial charge in [-0.1, -0.05) is 140 Å². The number of benzene rings is 8. The lowest BCUT2D eigenvalue weighted by Crippen LogP contribution is -2.26. The van der Waals surface area contributed by atoms with Gasteiger partial charge in [0.15, 0.2) is 0 Å². The zero-order chi connectivity index (χ0) is 31.4. The van der Waals surface area contributed by atoms with Crippen LogP contribution in [0, 0.1) is 0 Å². The summed E-state index contributed by atoms with van der Waals surface area (Å²) < 4.78 is 2.68. The fraction of sp³-hybridized carbons (Fsp3) is 0.0213. The van der Waals surface area contributed by atoms with E-state index in [0.29, 0.717) is 0 Å². The van der Waals surface area contributed by atoms with E-state index in [1.165, 1.54) is 97.7 Å². The van der Waals surface area contributed by atoms with Gasteiger partial charge in [-0.2, -0.15) is 0 Å². The zero-order valence-electron chi connectivity index (χ0n) is 26.1. The molecule has 9 aromatic rings. The van der Waals surface area contributed by atoms with E-state index >= 15 is 0 Å². The van der Waals surface area contributed by atoms with Gasteiger partial charge in [0.25, 0.3) is 0 Å². The van der Waals surface area contributed by atoms with Crippen LogP contribution in [0.2, 0.25) is 0 Å². The molecule has 0 N–H and O–H groups in total. The van der Waals surface area contributed by atoms with Crippen LogP contribution in [0.3, 0.4) is 0 Å². The number of hydrogen-bond acceptors (Lipinski definition) is 1. The third-order valence-corrected chi connectivity index (χ3v) is 12.0. The first-order chi connectivity index (χ1) is 23.8. The smallest absolute Gasteiger partial charge is 0.0731 e. The molecule has 0 saturated carbocycles. The number of hydrogen-bond donors (Lipinski definition) is 0. The summed E-state index contributed by atoms with van der Waals surface area (Å²) >= 11 is 1.87. The second-order valence-corrected chi connectivity index (χ2v) is 14.3. The van der Waals surface area contributed by atoms with E-state index in [9.17, 15) is 0 Å². The molecule has 2 aliphatic rings. The molecule has 0 nitrogen and oxygen atoms in total. The Morgan fingerprint density at radius 3 is 1.77 bits per heavy atom. The van der Waals surface area contributed by atoms with Crippen molar-refractivity contribution in [3.63, 3.8) is 0 Å². The van der Waals surface area contributed by atoms with Gasteiger partial charge in [0, 0.05) is 20.2 Å². The highest BCUT2D eigenvalue weighted by Crippen LogP contribution is 2.64. The first-order valence-electron chi connectivity index (χ1n) is 16.7. The van der Waals surface area contributed by atoms with Gasteiger partial charge < -0.3 is 0 Å². The number of thiophene rings is 1. The van der Waals surface area contributed by atoms with Gasteiger partial charge in [-0.25, -0.2) is 0 Å². The van der Waals surface area contributed by atoms with Gasteiger partial charge in [0.05, 0.1) is 5.41 Å². The fourth-order valence-corrected chi connectivity index (χ4v) is 9.96. The van der Waals surface area contributed by atoms with Crippen molar-refractivity contribution >= 4 is 42.3 Å². The van der Waals surface area contributed by atoms with E-state index in [2.05, 4.69) is 170 Å². The van der Waals surface area contributed by atoms with Crippen molar-refractivity contribution in [1.82, 2.24) is 0 Å². The molecule has 11 rings (SSSR count). The largest absolute Gasteiger partial charge is 0.135 e. The SMILES string of the molecule is c1ccc(-c2ccc3c(c2)C2(c4ccccc4-c4ccccc42)c2c-3ccc3cc(-c4ccc5sc6ccccc6c5c4)ccc23)cc1. The second kappa shape index (κ2) is 9.64. The lowest BCUT2D eigenvalue weighted by atomic mass is 9.69. The molecule has 0 radical (unpaired) electrons. The predicted molar refractivity (Wildman–Crippen MR) is 204 cm³/mol. The molecule has 1 spiro atoms. The minimum Gasteiger partial charge on any atom is -0.135 e. The highest BCUT2D eigenvalue weighted by Gasteiger charge is 2.52. The quantitative estimate of drug-likeness (QED) is 0.179. The van der Waals surface area contributed by atoms with Crippen LogP contribution in [0.1, 0.15) is 22.3 Å². The average molecular weight is 625 g/mol. The topological polar surface area (TPSA) is 0 Å². The molecule has 0 bridgehead atoms. The van der Waals surface area contributed by atoms with Crippen molar-refractivity contribution in [2.75, 3.05) is 0 Å².